The molecule has 31 heavy (non-hydrogen) atoms. The summed E-state index contributed by atoms with van der Waals surface area (Å²) < 4.78 is 15.5. The molecule has 8 nitrogen and oxygen atoms in total. The molecule has 174 valence electrons. The molecule has 0 saturated carbocycles. The van der Waals surface area contributed by atoms with Crippen LogP contribution in [0.3, 0.4) is 0 Å². The topological polar surface area (TPSA) is 103 Å². The number of rotatable bonds is 13. The van der Waals surface area contributed by atoms with E-state index in [1.54, 1.807) is 19.2 Å². The van der Waals surface area contributed by atoms with Gasteiger partial charge in [0.25, 0.3) is 0 Å². The maximum absolute atomic E-state index is 12.9. The Morgan fingerprint density at radius 1 is 0.903 bits per heavy atom. The van der Waals surface area contributed by atoms with Crippen molar-refractivity contribution in [3.8, 4) is 5.75 Å². The minimum Gasteiger partial charge on any atom is -0.496 e. The number of carbonyl (C=O) groups excluding carboxylic acids is 3. The van der Waals surface area contributed by atoms with Gasteiger partial charge >= 0.3 is 6.09 Å². The average molecular weight is 437 g/mol. The molecule has 0 aliphatic rings. The maximum atomic E-state index is 12.9. The number of para-hydroxylation sites is 1. The Kier molecular flexibility index (Phi) is 11.6. The summed E-state index contributed by atoms with van der Waals surface area (Å²) in [6.07, 6.45) is 0.179. The third kappa shape index (κ3) is 9.83. The largest absolute Gasteiger partial charge is 0.496 e. The van der Waals surface area contributed by atoms with Gasteiger partial charge in [-0.05, 0) is 30.7 Å². The molecule has 0 unspecified atom stereocenters. The van der Waals surface area contributed by atoms with Crippen LogP contribution in [0, 0.1) is 11.8 Å². The van der Waals surface area contributed by atoms with Crippen LogP contribution < -0.4 is 15.4 Å². The molecule has 2 N–H and O–H groups in total. The van der Waals surface area contributed by atoms with Gasteiger partial charge < -0.3 is 24.8 Å². The predicted octanol–water partition coefficient (Wildman–Crippen LogP) is 3.08. The zero-order valence-corrected chi connectivity index (χ0v) is 19.4. The van der Waals surface area contributed by atoms with Crippen LogP contribution in [-0.4, -0.2) is 50.7 Å². The second-order valence-electron chi connectivity index (χ2n) is 8.30. The van der Waals surface area contributed by atoms with E-state index in [1.807, 2.05) is 39.8 Å². The van der Waals surface area contributed by atoms with Gasteiger partial charge in [0.1, 0.15) is 25.0 Å². The number of benzene rings is 1. The SMILES string of the molecule is COCC(=O)[C@H](CC(C)C)NC(=O)[C@H](CC(C)C)NC(=O)OCc1ccccc1OC. The van der Waals surface area contributed by atoms with Gasteiger partial charge in [-0.25, -0.2) is 4.79 Å². The number of nitrogens with one attached hydrogen (secondary N) is 2. The van der Waals surface area contributed by atoms with Gasteiger partial charge in [0.2, 0.25) is 5.91 Å². The van der Waals surface area contributed by atoms with Crippen LogP contribution in [0.15, 0.2) is 24.3 Å². The second-order valence-corrected chi connectivity index (χ2v) is 8.30. The van der Waals surface area contributed by atoms with E-state index in [4.69, 9.17) is 14.2 Å². The van der Waals surface area contributed by atoms with Crippen molar-refractivity contribution in [2.24, 2.45) is 11.8 Å². The van der Waals surface area contributed by atoms with Crippen molar-refractivity contribution in [2.75, 3.05) is 20.8 Å². The summed E-state index contributed by atoms with van der Waals surface area (Å²) in [5, 5.41) is 5.41. The highest BCUT2D eigenvalue weighted by Gasteiger charge is 2.28. The first-order valence-electron chi connectivity index (χ1n) is 10.5. The van der Waals surface area contributed by atoms with Crippen molar-refractivity contribution in [3.05, 3.63) is 29.8 Å². The van der Waals surface area contributed by atoms with E-state index >= 15 is 0 Å². The molecule has 0 spiro atoms. The molecule has 0 aliphatic heterocycles. The molecule has 0 fully saturated rings. The number of amides is 2. The molecule has 0 aliphatic carbocycles. The van der Waals surface area contributed by atoms with Crippen molar-refractivity contribution in [1.82, 2.24) is 10.6 Å². The van der Waals surface area contributed by atoms with Crippen LogP contribution in [0.1, 0.15) is 46.1 Å². The minimum atomic E-state index is -0.824. The fraction of sp³-hybridized carbons (Fsp3) is 0.609. The molecule has 1 aromatic carbocycles. The lowest BCUT2D eigenvalue weighted by Gasteiger charge is -2.24. The van der Waals surface area contributed by atoms with Crippen molar-refractivity contribution in [3.63, 3.8) is 0 Å². The van der Waals surface area contributed by atoms with Crippen LogP contribution >= 0.6 is 0 Å². The highest BCUT2D eigenvalue weighted by Crippen LogP contribution is 2.18. The molecule has 0 bridgehead atoms. The summed E-state index contributed by atoms with van der Waals surface area (Å²) in [6.45, 7) is 7.76. The van der Waals surface area contributed by atoms with Gasteiger partial charge in [-0.3, -0.25) is 9.59 Å². The third-order valence-electron chi connectivity index (χ3n) is 4.57. The van der Waals surface area contributed by atoms with Crippen LogP contribution in [0.4, 0.5) is 4.79 Å². The van der Waals surface area contributed by atoms with E-state index in [-0.39, 0.29) is 30.8 Å². The standard InChI is InChI=1S/C23H36N2O6/c1-15(2)11-18(20(26)14-29-5)24-22(27)19(12-16(3)4)25-23(28)31-13-17-9-7-8-10-21(17)30-6/h7-10,15-16,18-19H,11-14H2,1-6H3,(H,24,27)(H,25,28)/t18-,19-/m0/s1. The molecule has 0 saturated heterocycles. The Bertz CT molecular complexity index is 720. The van der Waals surface area contributed by atoms with Crippen molar-refractivity contribution >= 4 is 17.8 Å². The number of hydrogen-bond donors (Lipinski definition) is 2. The lowest BCUT2D eigenvalue weighted by Crippen LogP contribution is -2.52. The van der Waals surface area contributed by atoms with Gasteiger partial charge in [-0.15, -0.1) is 0 Å². The molecule has 8 heteroatoms. The summed E-state index contributed by atoms with van der Waals surface area (Å²) in [6, 6.07) is 5.72. The van der Waals surface area contributed by atoms with Crippen LogP contribution in [-0.2, 0) is 25.7 Å². The van der Waals surface area contributed by atoms with Gasteiger partial charge in [0.15, 0.2) is 5.78 Å². The van der Waals surface area contributed by atoms with Gasteiger partial charge in [-0.2, -0.15) is 0 Å². The lowest BCUT2D eigenvalue weighted by molar-refractivity contribution is -0.131. The molecule has 2 atom stereocenters. The molecule has 1 rings (SSSR count). The second kappa shape index (κ2) is 13.6. The van der Waals surface area contributed by atoms with Crippen LogP contribution in [0.5, 0.6) is 5.75 Å². The van der Waals surface area contributed by atoms with E-state index in [9.17, 15) is 14.4 Å². The smallest absolute Gasteiger partial charge is 0.408 e. The molecule has 0 radical (unpaired) electrons. The predicted molar refractivity (Wildman–Crippen MR) is 118 cm³/mol. The average Bonchev–Trinajstić information content (AvgIpc) is 2.70. The monoisotopic (exact) mass is 436 g/mol. The lowest BCUT2D eigenvalue weighted by atomic mass is 9.98. The number of ether oxygens (including phenoxy) is 3. The summed E-state index contributed by atoms with van der Waals surface area (Å²) in [7, 11) is 2.98. The minimum absolute atomic E-state index is 0.00810. The van der Waals surface area contributed by atoms with Crippen molar-refractivity contribution in [2.45, 2.75) is 59.2 Å². The maximum Gasteiger partial charge on any atom is 0.408 e. The first-order chi connectivity index (χ1) is 14.7. The molecule has 0 heterocycles. The fourth-order valence-electron chi connectivity index (χ4n) is 3.11. The Hall–Kier alpha value is -2.61. The summed E-state index contributed by atoms with van der Waals surface area (Å²) >= 11 is 0. The Balaban J connectivity index is 2.80. The molecule has 1 aromatic rings. The van der Waals surface area contributed by atoms with Gasteiger partial charge in [0, 0.05) is 12.7 Å². The Morgan fingerprint density at radius 2 is 1.52 bits per heavy atom. The van der Waals surface area contributed by atoms with Gasteiger partial charge in [-0.1, -0.05) is 45.9 Å². The summed E-state index contributed by atoms with van der Waals surface area (Å²) in [5.41, 5.74) is 0.715. The quantitative estimate of drug-likeness (QED) is 0.493. The number of methoxy groups -OCH3 is 2. The van der Waals surface area contributed by atoms with E-state index < -0.39 is 24.1 Å². The van der Waals surface area contributed by atoms with Crippen LogP contribution in [0.2, 0.25) is 0 Å². The summed E-state index contributed by atoms with van der Waals surface area (Å²) in [5.74, 6) is 0.335. The summed E-state index contributed by atoms with van der Waals surface area (Å²) in [4.78, 5) is 37.6. The Labute approximate surface area is 185 Å². The van der Waals surface area contributed by atoms with Crippen LogP contribution in [0.25, 0.3) is 0 Å². The number of carbonyl (C=O) groups is 3. The number of alkyl carbamates (subject to hydrolysis) is 1. The van der Waals surface area contributed by atoms with E-state index in [2.05, 4.69) is 10.6 Å². The Morgan fingerprint density at radius 3 is 2.10 bits per heavy atom. The molecular weight excluding hydrogens is 400 g/mol. The van der Waals surface area contributed by atoms with Gasteiger partial charge in [0.05, 0.1) is 13.2 Å². The number of Topliss-reactive ketones (excluding diaryl/α,β-unsaturated/α-hetero) is 1. The highest BCUT2D eigenvalue weighted by molar-refractivity contribution is 5.92. The van der Waals surface area contributed by atoms with E-state index in [0.717, 1.165) is 0 Å². The molecule has 0 aromatic heterocycles. The number of ketones is 1. The van der Waals surface area contributed by atoms with E-state index in [0.29, 0.717) is 24.2 Å². The van der Waals surface area contributed by atoms with E-state index in [1.165, 1.54) is 7.11 Å². The number of hydrogen-bond acceptors (Lipinski definition) is 6. The molecule has 2 amide bonds. The first kappa shape index (κ1) is 26.4. The zero-order valence-electron chi connectivity index (χ0n) is 19.4. The highest BCUT2D eigenvalue weighted by atomic mass is 16.5. The zero-order chi connectivity index (χ0) is 23.4. The van der Waals surface area contributed by atoms with Crippen molar-refractivity contribution < 1.29 is 28.6 Å². The normalized spacial score (nSPS) is 12.9. The van der Waals surface area contributed by atoms with Crippen molar-refractivity contribution in [1.29, 1.82) is 0 Å². The first-order valence-corrected chi connectivity index (χ1v) is 10.5. The fourth-order valence-corrected chi connectivity index (χ4v) is 3.11. The third-order valence-corrected chi connectivity index (χ3v) is 4.57. The molecular formula is C23H36N2O6.